The Kier molecular flexibility index (Phi) is 3.67. The van der Waals surface area contributed by atoms with E-state index in [4.69, 9.17) is 4.74 Å². The van der Waals surface area contributed by atoms with Gasteiger partial charge in [0, 0.05) is 11.6 Å². The van der Waals surface area contributed by atoms with E-state index in [1.165, 1.54) is 6.07 Å². The summed E-state index contributed by atoms with van der Waals surface area (Å²) >= 11 is 0. The topological polar surface area (TPSA) is 67.4 Å². The van der Waals surface area contributed by atoms with E-state index in [9.17, 15) is 14.0 Å². The van der Waals surface area contributed by atoms with Gasteiger partial charge in [0.1, 0.15) is 11.6 Å². The van der Waals surface area contributed by atoms with Gasteiger partial charge < -0.3 is 15.4 Å². The third kappa shape index (κ3) is 2.95. The van der Waals surface area contributed by atoms with Gasteiger partial charge in [0.15, 0.2) is 6.10 Å². The van der Waals surface area contributed by atoms with Crippen LogP contribution in [0.3, 0.4) is 0 Å². The molecule has 1 aliphatic heterocycles. The molecule has 2 aliphatic rings. The number of carbonyl (C=O) groups is 2. The fourth-order valence-corrected chi connectivity index (χ4v) is 3.13. The molecule has 2 aromatic carbocycles. The molecule has 128 valence electrons. The van der Waals surface area contributed by atoms with Crippen LogP contribution in [0.25, 0.3) is 0 Å². The number of carbonyl (C=O) groups excluding carboxylic acids is 2. The Morgan fingerprint density at radius 1 is 1.28 bits per heavy atom. The molecule has 2 amide bonds. The molecule has 3 unspecified atom stereocenters. The third-order valence-electron chi connectivity index (χ3n) is 4.61. The zero-order valence-electron chi connectivity index (χ0n) is 13.6. The molecule has 0 bridgehead atoms. The fraction of sp³-hybridized carbons (Fsp3) is 0.263. The van der Waals surface area contributed by atoms with Crippen molar-refractivity contribution < 1.29 is 18.7 Å². The fourth-order valence-electron chi connectivity index (χ4n) is 3.13. The van der Waals surface area contributed by atoms with E-state index in [-0.39, 0.29) is 29.5 Å². The number of benzene rings is 2. The van der Waals surface area contributed by atoms with Gasteiger partial charge in [0.05, 0.1) is 5.69 Å². The van der Waals surface area contributed by atoms with Crippen molar-refractivity contribution in [2.24, 2.45) is 5.92 Å². The number of nitrogens with one attached hydrogen (secondary N) is 2. The number of amides is 2. The van der Waals surface area contributed by atoms with Crippen LogP contribution in [0.4, 0.5) is 15.8 Å². The molecule has 1 fully saturated rings. The number of hydrogen-bond acceptors (Lipinski definition) is 3. The summed E-state index contributed by atoms with van der Waals surface area (Å²) in [5.41, 5.74) is 1.69. The minimum atomic E-state index is -0.541. The molecule has 3 atom stereocenters. The Balaban J connectivity index is 1.45. The van der Waals surface area contributed by atoms with Gasteiger partial charge in [-0.2, -0.15) is 0 Å². The summed E-state index contributed by atoms with van der Waals surface area (Å²) < 4.78 is 19.3. The van der Waals surface area contributed by atoms with Crippen molar-refractivity contribution in [3.05, 3.63) is 53.8 Å². The first-order valence-electron chi connectivity index (χ1n) is 8.20. The van der Waals surface area contributed by atoms with E-state index >= 15 is 0 Å². The minimum absolute atomic E-state index is 0.0808. The molecule has 4 rings (SSSR count). The highest BCUT2D eigenvalue weighted by atomic mass is 19.1. The van der Waals surface area contributed by atoms with Gasteiger partial charge in [-0.05, 0) is 49.1 Å². The Morgan fingerprint density at radius 3 is 2.88 bits per heavy atom. The molecule has 25 heavy (non-hydrogen) atoms. The van der Waals surface area contributed by atoms with Gasteiger partial charge in [-0.1, -0.05) is 18.2 Å². The van der Waals surface area contributed by atoms with Crippen LogP contribution < -0.4 is 15.4 Å². The van der Waals surface area contributed by atoms with Crippen LogP contribution >= 0.6 is 0 Å². The van der Waals surface area contributed by atoms with E-state index in [2.05, 4.69) is 10.6 Å². The molecule has 5 nitrogen and oxygen atoms in total. The molecule has 1 saturated carbocycles. The molecule has 0 saturated heterocycles. The normalized spacial score (nSPS) is 23.9. The summed E-state index contributed by atoms with van der Waals surface area (Å²) in [4.78, 5) is 24.1. The van der Waals surface area contributed by atoms with Crippen LogP contribution in [-0.4, -0.2) is 17.9 Å². The zero-order valence-corrected chi connectivity index (χ0v) is 13.6. The van der Waals surface area contributed by atoms with Gasteiger partial charge in [0.25, 0.3) is 5.91 Å². The van der Waals surface area contributed by atoms with E-state index < -0.39 is 6.10 Å². The summed E-state index contributed by atoms with van der Waals surface area (Å²) in [5, 5.41) is 5.58. The van der Waals surface area contributed by atoms with E-state index in [0.717, 1.165) is 0 Å². The summed E-state index contributed by atoms with van der Waals surface area (Å²) in [7, 11) is 0. The Bertz CT molecular complexity index is 867. The molecule has 6 heteroatoms. The predicted molar refractivity (Wildman–Crippen MR) is 91.0 cm³/mol. The van der Waals surface area contributed by atoms with Crippen molar-refractivity contribution in [2.45, 2.75) is 25.4 Å². The molecule has 2 N–H and O–H groups in total. The highest BCUT2D eigenvalue weighted by Crippen LogP contribution is 2.48. The largest absolute Gasteiger partial charge is 0.479 e. The van der Waals surface area contributed by atoms with Crippen molar-refractivity contribution in [3.63, 3.8) is 0 Å². The van der Waals surface area contributed by atoms with Crippen molar-refractivity contribution in [2.75, 3.05) is 10.6 Å². The predicted octanol–water partition coefficient (Wildman–Crippen LogP) is 3.29. The average molecular weight is 340 g/mol. The summed E-state index contributed by atoms with van der Waals surface area (Å²) in [6.45, 7) is 1.67. The lowest BCUT2D eigenvalue weighted by Crippen LogP contribution is -2.34. The SMILES string of the molecule is CC1Oc2ccc(NC(=O)C3CC3c3ccccc3F)cc2NC1=O. The molecule has 2 aromatic rings. The van der Waals surface area contributed by atoms with E-state index in [1.54, 1.807) is 43.3 Å². The van der Waals surface area contributed by atoms with Crippen molar-refractivity contribution in [1.29, 1.82) is 0 Å². The van der Waals surface area contributed by atoms with Crippen LogP contribution in [0.15, 0.2) is 42.5 Å². The third-order valence-corrected chi connectivity index (χ3v) is 4.61. The van der Waals surface area contributed by atoms with E-state index in [1.807, 2.05) is 0 Å². The number of anilines is 2. The molecular formula is C19H17FN2O3. The van der Waals surface area contributed by atoms with Crippen molar-refractivity contribution in [1.82, 2.24) is 0 Å². The van der Waals surface area contributed by atoms with Gasteiger partial charge in [-0.3, -0.25) is 9.59 Å². The van der Waals surface area contributed by atoms with Crippen LogP contribution in [0.1, 0.15) is 24.8 Å². The van der Waals surface area contributed by atoms with E-state index in [0.29, 0.717) is 29.1 Å². The van der Waals surface area contributed by atoms with Crippen LogP contribution in [-0.2, 0) is 9.59 Å². The molecular weight excluding hydrogens is 323 g/mol. The smallest absolute Gasteiger partial charge is 0.265 e. The number of halogens is 1. The maximum absolute atomic E-state index is 13.8. The highest BCUT2D eigenvalue weighted by Gasteiger charge is 2.45. The summed E-state index contributed by atoms with van der Waals surface area (Å²) in [6.07, 6.45) is 0.0932. The monoisotopic (exact) mass is 340 g/mol. The standard InChI is InChI=1S/C19H17FN2O3/c1-10-18(23)22-16-8-11(6-7-17(16)25-10)21-19(24)14-9-13(14)12-4-2-3-5-15(12)20/h2-8,10,13-14H,9H2,1H3,(H,21,24)(H,22,23). The summed E-state index contributed by atoms with van der Waals surface area (Å²) in [6, 6.07) is 11.6. The second-order valence-electron chi connectivity index (χ2n) is 6.42. The van der Waals surface area contributed by atoms with Crippen molar-refractivity contribution in [3.8, 4) is 5.75 Å². The lowest BCUT2D eigenvalue weighted by molar-refractivity contribution is -0.122. The lowest BCUT2D eigenvalue weighted by atomic mass is 10.1. The Hall–Kier alpha value is -2.89. The van der Waals surface area contributed by atoms with Gasteiger partial charge in [0.2, 0.25) is 5.91 Å². The second-order valence-corrected chi connectivity index (χ2v) is 6.42. The first-order valence-corrected chi connectivity index (χ1v) is 8.20. The number of rotatable bonds is 3. The molecule has 0 aromatic heterocycles. The number of ether oxygens (including phenoxy) is 1. The first kappa shape index (κ1) is 15.6. The Labute approximate surface area is 144 Å². The molecule has 0 spiro atoms. The number of fused-ring (bicyclic) bond motifs is 1. The minimum Gasteiger partial charge on any atom is -0.479 e. The van der Waals surface area contributed by atoms with Gasteiger partial charge in [-0.15, -0.1) is 0 Å². The Morgan fingerprint density at radius 2 is 2.08 bits per heavy atom. The van der Waals surface area contributed by atoms with Crippen LogP contribution in [0, 0.1) is 11.7 Å². The maximum Gasteiger partial charge on any atom is 0.265 e. The van der Waals surface area contributed by atoms with Crippen molar-refractivity contribution >= 4 is 23.2 Å². The summed E-state index contributed by atoms with van der Waals surface area (Å²) in [5.74, 6) is -0.393. The lowest BCUT2D eigenvalue weighted by Gasteiger charge is -2.23. The average Bonchev–Trinajstić information content (AvgIpc) is 3.37. The molecule has 0 radical (unpaired) electrons. The highest BCUT2D eigenvalue weighted by molar-refractivity contribution is 6.00. The van der Waals surface area contributed by atoms with Crippen LogP contribution in [0.5, 0.6) is 5.75 Å². The molecule has 1 heterocycles. The first-order chi connectivity index (χ1) is 12.0. The zero-order chi connectivity index (χ0) is 17.6. The molecule has 1 aliphatic carbocycles. The quantitative estimate of drug-likeness (QED) is 0.901. The van der Waals surface area contributed by atoms with Crippen LogP contribution in [0.2, 0.25) is 0 Å². The second kappa shape index (κ2) is 5.88. The van der Waals surface area contributed by atoms with Gasteiger partial charge in [-0.25, -0.2) is 4.39 Å². The maximum atomic E-state index is 13.8. The van der Waals surface area contributed by atoms with Gasteiger partial charge >= 0.3 is 0 Å². The number of hydrogen-bond donors (Lipinski definition) is 2.